The van der Waals surface area contributed by atoms with Crippen molar-refractivity contribution in [1.29, 1.82) is 0 Å². The van der Waals surface area contributed by atoms with E-state index in [2.05, 4.69) is 0 Å². The molecule has 1 saturated heterocycles. The van der Waals surface area contributed by atoms with E-state index >= 15 is 0 Å². The molecule has 2 unspecified atom stereocenters. The first-order valence-corrected chi connectivity index (χ1v) is 5.23. The molecule has 80 valence electrons. The number of nitrogens with zero attached hydrogens (tertiary/aromatic N) is 1. The zero-order chi connectivity index (χ0) is 10.6. The number of carbonyl (C=O) groups is 1. The van der Waals surface area contributed by atoms with Crippen LogP contribution in [0.25, 0.3) is 0 Å². The molecule has 1 amide bonds. The van der Waals surface area contributed by atoms with Crippen LogP contribution >= 0.6 is 0 Å². The van der Waals surface area contributed by atoms with Gasteiger partial charge in [-0.3, -0.25) is 4.79 Å². The number of amides is 1. The predicted octanol–water partition coefficient (Wildman–Crippen LogP) is 1.13. The minimum Gasteiger partial charge on any atom is -0.464 e. The maximum atomic E-state index is 11.5. The summed E-state index contributed by atoms with van der Waals surface area (Å²) in [6.07, 6.45) is 0.729. The SMILES string of the molecule is Cc1cc2c(o1)CN1C(=O)CCC1C2O. The largest absolute Gasteiger partial charge is 0.464 e. The standard InChI is InChI=1S/C11H13NO3/c1-6-4-7-9(15-6)5-12-8(11(7)14)2-3-10(12)13/h4,8,11,14H,2-3,5H2,1H3. The number of aliphatic hydroxyl groups excluding tert-OH is 1. The van der Waals surface area contributed by atoms with Gasteiger partial charge in [-0.05, 0) is 19.4 Å². The molecule has 0 aromatic carbocycles. The molecule has 1 N–H and O–H groups in total. The Hall–Kier alpha value is -1.29. The van der Waals surface area contributed by atoms with Gasteiger partial charge in [0.05, 0.1) is 12.6 Å². The third-order valence-corrected chi connectivity index (χ3v) is 3.34. The van der Waals surface area contributed by atoms with Crippen molar-refractivity contribution in [3.63, 3.8) is 0 Å². The molecule has 0 bridgehead atoms. The lowest BCUT2D eigenvalue weighted by Gasteiger charge is -2.32. The molecular formula is C11H13NO3. The molecular weight excluding hydrogens is 194 g/mol. The van der Waals surface area contributed by atoms with Gasteiger partial charge in [-0.1, -0.05) is 0 Å². The number of hydrogen-bond acceptors (Lipinski definition) is 3. The monoisotopic (exact) mass is 207 g/mol. The van der Waals surface area contributed by atoms with Gasteiger partial charge in [0.1, 0.15) is 17.6 Å². The highest BCUT2D eigenvalue weighted by molar-refractivity contribution is 5.79. The molecule has 15 heavy (non-hydrogen) atoms. The highest BCUT2D eigenvalue weighted by atomic mass is 16.3. The Morgan fingerprint density at radius 3 is 3.20 bits per heavy atom. The van der Waals surface area contributed by atoms with E-state index in [9.17, 15) is 9.90 Å². The Morgan fingerprint density at radius 1 is 1.60 bits per heavy atom. The fourth-order valence-corrected chi connectivity index (χ4v) is 2.61. The Kier molecular flexibility index (Phi) is 1.71. The van der Waals surface area contributed by atoms with E-state index in [1.807, 2.05) is 13.0 Å². The van der Waals surface area contributed by atoms with Crippen molar-refractivity contribution in [2.75, 3.05) is 0 Å². The minimum absolute atomic E-state index is 0.0398. The van der Waals surface area contributed by atoms with Gasteiger partial charge < -0.3 is 14.4 Å². The first-order valence-electron chi connectivity index (χ1n) is 5.23. The van der Waals surface area contributed by atoms with E-state index in [4.69, 9.17) is 4.42 Å². The van der Waals surface area contributed by atoms with Gasteiger partial charge >= 0.3 is 0 Å². The van der Waals surface area contributed by atoms with Gasteiger partial charge in [0.25, 0.3) is 0 Å². The van der Waals surface area contributed by atoms with Crippen LogP contribution in [0.1, 0.15) is 36.0 Å². The van der Waals surface area contributed by atoms with Gasteiger partial charge in [0, 0.05) is 12.0 Å². The maximum absolute atomic E-state index is 11.5. The summed E-state index contributed by atoms with van der Waals surface area (Å²) in [5.74, 6) is 1.66. The average Bonchev–Trinajstić information content (AvgIpc) is 2.72. The Bertz CT molecular complexity index is 423. The third kappa shape index (κ3) is 1.14. The summed E-state index contributed by atoms with van der Waals surface area (Å²) in [5, 5.41) is 10.1. The van der Waals surface area contributed by atoms with Crippen molar-refractivity contribution in [3.8, 4) is 0 Å². The van der Waals surface area contributed by atoms with Crippen molar-refractivity contribution in [3.05, 3.63) is 23.2 Å². The molecule has 3 rings (SSSR count). The molecule has 2 aliphatic heterocycles. The molecule has 4 nitrogen and oxygen atoms in total. The van der Waals surface area contributed by atoms with Crippen LogP contribution in [0.4, 0.5) is 0 Å². The molecule has 1 aromatic rings. The van der Waals surface area contributed by atoms with Gasteiger partial charge in [0.2, 0.25) is 5.91 Å². The second-order valence-electron chi connectivity index (χ2n) is 4.31. The van der Waals surface area contributed by atoms with Crippen LogP contribution in [0.15, 0.2) is 10.5 Å². The molecule has 2 aliphatic rings. The second kappa shape index (κ2) is 2.85. The summed E-state index contributed by atoms with van der Waals surface area (Å²) < 4.78 is 5.48. The number of hydrogen-bond donors (Lipinski definition) is 1. The molecule has 0 saturated carbocycles. The number of aryl methyl sites for hydroxylation is 1. The van der Waals surface area contributed by atoms with Gasteiger partial charge in [-0.25, -0.2) is 0 Å². The average molecular weight is 207 g/mol. The van der Waals surface area contributed by atoms with Crippen molar-refractivity contribution >= 4 is 5.91 Å². The van der Waals surface area contributed by atoms with E-state index in [-0.39, 0.29) is 11.9 Å². The van der Waals surface area contributed by atoms with Crippen molar-refractivity contribution < 1.29 is 14.3 Å². The van der Waals surface area contributed by atoms with E-state index in [1.54, 1.807) is 4.90 Å². The Balaban J connectivity index is 2.05. The van der Waals surface area contributed by atoms with Gasteiger partial charge in [-0.2, -0.15) is 0 Å². The number of carbonyl (C=O) groups excluding carboxylic acids is 1. The molecule has 3 heterocycles. The highest BCUT2D eigenvalue weighted by Gasteiger charge is 2.42. The lowest BCUT2D eigenvalue weighted by atomic mass is 9.97. The van der Waals surface area contributed by atoms with Crippen LogP contribution in [-0.4, -0.2) is 22.0 Å². The molecule has 2 atom stereocenters. The van der Waals surface area contributed by atoms with Crippen molar-refractivity contribution in [2.24, 2.45) is 0 Å². The normalized spacial score (nSPS) is 29.2. The van der Waals surface area contributed by atoms with Crippen LogP contribution in [-0.2, 0) is 11.3 Å². The van der Waals surface area contributed by atoms with E-state index in [1.165, 1.54) is 0 Å². The fraction of sp³-hybridized carbons (Fsp3) is 0.545. The summed E-state index contributed by atoms with van der Waals surface area (Å²) in [7, 11) is 0. The molecule has 1 aromatic heterocycles. The molecule has 4 heteroatoms. The smallest absolute Gasteiger partial charge is 0.223 e. The molecule has 0 radical (unpaired) electrons. The minimum atomic E-state index is -0.572. The summed E-state index contributed by atoms with van der Waals surface area (Å²) in [4.78, 5) is 13.3. The molecule has 1 fully saturated rings. The summed E-state index contributed by atoms with van der Waals surface area (Å²) in [5.41, 5.74) is 0.864. The van der Waals surface area contributed by atoms with E-state index in [0.29, 0.717) is 13.0 Å². The predicted molar refractivity (Wildman–Crippen MR) is 52.0 cm³/mol. The Morgan fingerprint density at radius 2 is 2.40 bits per heavy atom. The second-order valence-corrected chi connectivity index (χ2v) is 4.31. The zero-order valence-corrected chi connectivity index (χ0v) is 8.56. The number of fused-ring (bicyclic) bond motifs is 2. The van der Waals surface area contributed by atoms with Crippen LogP contribution in [0, 0.1) is 6.92 Å². The lowest BCUT2D eigenvalue weighted by molar-refractivity contribution is -0.132. The number of aliphatic hydroxyl groups is 1. The first-order chi connectivity index (χ1) is 7.16. The Labute approximate surface area is 87.5 Å². The number of rotatable bonds is 0. The molecule has 0 aliphatic carbocycles. The maximum Gasteiger partial charge on any atom is 0.223 e. The zero-order valence-electron chi connectivity index (χ0n) is 8.56. The summed E-state index contributed by atoms with van der Waals surface area (Å²) >= 11 is 0. The van der Waals surface area contributed by atoms with Crippen molar-refractivity contribution in [1.82, 2.24) is 4.90 Å². The fourth-order valence-electron chi connectivity index (χ4n) is 2.61. The van der Waals surface area contributed by atoms with E-state index in [0.717, 1.165) is 23.5 Å². The number of furan rings is 1. The third-order valence-electron chi connectivity index (χ3n) is 3.34. The van der Waals surface area contributed by atoms with Crippen LogP contribution < -0.4 is 0 Å². The van der Waals surface area contributed by atoms with Gasteiger partial charge in [0.15, 0.2) is 0 Å². The summed E-state index contributed by atoms with van der Waals surface area (Å²) in [6.45, 7) is 2.38. The highest BCUT2D eigenvalue weighted by Crippen LogP contribution is 2.38. The van der Waals surface area contributed by atoms with Crippen LogP contribution in [0.3, 0.4) is 0 Å². The lowest BCUT2D eigenvalue weighted by Crippen LogP contribution is -2.40. The quantitative estimate of drug-likeness (QED) is 0.693. The van der Waals surface area contributed by atoms with Crippen LogP contribution in [0.2, 0.25) is 0 Å². The van der Waals surface area contributed by atoms with Gasteiger partial charge in [-0.15, -0.1) is 0 Å². The van der Waals surface area contributed by atoms with Crippen molar-refractivity contribution in [2.45, 2.75) is 38.5 Å². The first kappa shape index (κ1) is 8.97. The van der Waals surface area contributed by atoms with Crippen LogP contribution in [0.5, 0.6) is 0 Å². The van der Waals surface area contributed by atoms with E-state index < -0.39 is 6.10 Å². The summed E-state index contributed by atoms with van der Waals surface area (Å²) in [6, 6.07) is 1.84. The topological polar surface area (TPSA) is 53.7 Å². The molecule has 0 spiro atoms.